The molecule has 1 aromatic carbocycles. The number of furan rings is 1. The minimum atomic E-state index is -4.40. The van der Waals surface area contributed by atoms with E-state index in [0.717, 1.165) is 12.1 Å². The summed E-state index contributed by atoms with van der Waals surface area (Å²) < 4.78 is 45.1. The molecule has 1 aliphatic rings. The molecule has 8 nitrogen and oxygen atoms in total. The molecule has 4 rings (SSSR count). The van der Waals surface area contributed by atoms with Crippen molar-refractivity contribution < 1.29 is 22.4 Å². The number of hydrogen-bond donors (Lipinski definition) is 0. The Bertz CT molecular complexity index is 1020. The van der Waals surface area contributed by atoms with Crippen molar-refractivity contribution in [2.24, 2.45) is 0 Å². The van der Waals surface area contributed by atoms with Gasteiger partial charge in [-0.05, 0) is 53.7 Å². The largest absolute Gasteiger partial charge is 0.456 e. The maximum atomic E-state index is 12.8. The van der Waals surface area contributed by atoms with Crippen molar-refractivity contribution in [3.8, 4) is 5.69 Å². The topological polar surface area (TPSA) is 80.3 Å². The molecule has 0 unspecified atom stereocenters. The number of rotatable bonds is 4. The number of nitrogens with zero attached hydrogens (tertiary/aromatic N) is 6. The molecule has 3 aromatic rings. The maximum Gasteiger partial charge on any atom is 0.416 e. The van der Waals surface area contributed by atoms with E-state index in [9.17, 15) is 18.0 Å². The van der Waals surface area contributed by atoms with Crippen LogP contribution in [0.1, 0.15) is 27.7 Å². The highest BCUT2D eigenvalue weighted by Crippen LogP contribution is 2.29. The van der Waals surface area contributed by atoms with Gasteiger partial charge in [-0.15, -0.1) is 5.10 Å². The smallest absolute Gasteiger partial charge is 0.416 e. The quantitative estimate of drug-likeness (QED) is 0.645. The third-order valence-corrected chi connectivity index (χ3v) is 4.95. The van der Waals surface area contributed by atoms with E-state index in [1.54, 1.807) is 24.0 Å². The second-order valence-corrected chi connectivity index (χ2v) is 7.03. The summed E-state index contributed by atoms with van der Waals surface area (Å²) in [5.41, 5.74) is -0.279. The van der Waals surface area contributed by atoms with Crippen LogP contribution in [0.15, 0.2) is 40.8 Å². The van der Waals surface area contributed by atoms with Gasteiger partial charge < -0.3 is 9.32 Å². The van der Waals surface area contributed by atoms with Crippen molar-refractivity contribution in [3.63, 3.8) is 0 Å². The number of amides is 1. The van der Waals surface area contributed by atoms with Crippen LogP contribution in [0.3, 0.4) is 0 Å². The van der Waals surface area contributed by atoms with Crippen LogP contribution in [0.5, 0.6) is 0 Å². The molecule has 0 radical (unpaired) electrons. The van der Waals surface area contributed by atoms with E-state index in [0.29, 0.717) is 55.8 Å². The first-order valence-corrected chi connectivity index (χ1v) is 9.34. The molecule has 1 amide bonds. The third-order valence-electron chi connectivity index (χ3n) is 4.95. The van der Waals surface area contributed by atoms with Crippen molar-refractivity contribution in [2.45, 2.75) is 19.6 Å². The van der Waals surface area contributed by atoms with E-state index >= 15 is 0 Å². The number of benzene rings is 1. The Morgan fingerprint density at radius 1 is 1.07 bits per heavy atom. The standard InChI is InChI=1S/C19H19F3N6O2/c1-13-2-7-16(30-13)18(29)27-10-8-26(9-11-27)12-17-23-24-25-28(17)15-5-3-14(4-6-15)19(20,21)22/h2-7H,8-12H2,1H3. The van der Waals surface area contributed by atoms with Crippen molar-refractivity contribution in [2.75, 3.05) is 26.2 Å². The molecule has 0 N–H and O–H groups in total. The third kappa shape index (κ3) is 4.20. The average Bonchev–Trinajstić information content (AvgIpc) is 3.36. The number of alkyl halides is 3. The van der Waals surface area contributed by atoms with E-state index in [-0.39, 0.29) is 5.91 Å². The van der Waals surface area contributed by atoms with Crippen LogP contribution in [-0.4, -0.2) is 62.1 Å². The second-order valence-electron chi connectivity index (χ2n) is 7.03. The molecule has 0 atom stereocenters. The summed E-state index contributed by atoms with van der Waals surface area (Å²) in [6, 6.07) is 8.10. The highest BCUT2D eigenvalue weighted by atomic mass is 19.4. The molecule has 3 heterocycles. The number of aromatic nitrogens is 4. The van der Waals surface area contributed by atoms with Crippen LogP contribution < -0.4 is 0 Å². The van der Waals surface area contributed by atoms with Crippen LogP contribution >= 0.6 is 0 Å². The number of tetrazole rings is 1. The summed E-state index contributed by atoms with van der Waals surface area (Å²) >= 11 is 0. The van der Waals surface area contributed by atoms with Crippen molar-refractivity contribution in [1.82, 2.24) is 30.0 Å². The summed E-state index contributed by atoms with van der Waals surface area (Å²) in [6.45, 7) is 4.49. The molecular weight excluding hydrogens is 401 g/mol. The molecule has 0 spiro atoms. The number of carbonyl (C=O) groups excluding carboxylic acids is 1. The van der Waals surface area contributed by atoms with Gasteiger partial charge in [-0.25, -0.2) is 0 Å². The monoisotopic (exact) mass is 420 g/mol. The number of carbonyl (C=O) groups is 1. The first-order chi connectivity index (χ1) is 14.3. The lowest BCUT2D eigenvalue weighted by molar-refractivity contribution is -0.137. The predicted octanol–water partition coefficient (Wildman–Crippen LogP) is 2.54. The van der Waals surface area contributed by atoms with E-state index in [1.807, 2.05) is 0 Å². The van der Waals surface area contributed by atoms with Gasteiger partial charge in [0.05, 0.1) is 17.8 Å². The molecule has 2 aromatic heterocycles. The van der Waals surface area contributed by atoms with Gasteiger partial charge >= 0.3 is 6.18 Å². The van der Waals surface area contributed by atoms with Gasteiger partial charge in [-0.3, -0.25) is 9.69 Å². The van der Waals surface area contributed by atoms with E-state index in [4.69, 9.17) is 4.42 Å². The van der Waals surface area contributed by atoms with Gasteiger partial charge in [-0.2, -0.15) is 17.9 Å². The van der Waals surface area contributed by atoms with Gasteiger partial charge in [0.1, 0.15) is 5.76 Å². The Kier molecular flexibility index (Phi) is 5.29. The summed E-state index contributed by atoms with van der Waals surface area (Å²) in [5.74, 6) is 1.38. The Hall–Kier alpha value is -3.21. The molecule has 11 heteroatoms. The zero-order valence-electron chi connectivity index (χ0n) is 16.1. The predicted molar refractivity (Wildman–Crippen MR) is 98.8 cm³/mol. The highest BCUT2D eigenvalue weighted by Gasteiger charge is 2.30. The van der Waals surface area contributed by atoms with E-state index in [2.05, 4.69) is 20.4 Å². The first kappa shape index (κ1) is 20.1. The first-order valence-electron chi connectivity index (χ1n) is 9.34. The normalized spacial score (nSPS) is 15.5. The Labute approximate surface area is 169 Å². The minimum absolute atomic E-state index is 0.141. The molecule has 0 saturated carbocycles. The fourth-order valence-corrected chi connectivity index (χ4v) is 3.31. The molecule has 1 saturated heterocycles. The average molecular weight is 420 g/mol. The lowest BCUT2D eigenvalue weighted by Crippen LogP contribution is -2.48. The molecule has 158 valence electrons. The highest BCUT2D eigenvalue weighted by molar-refractivity contribution is 5.91. The van der Waals surface area contributed by atoms with Crippen LogP contribution in [-0.2, 0) is 12.7 Å². The molecule has 1 fully saturated rings. The molecule has 1 aliphatic heterocycles. The van der Waals surface area contributed by atoms with Crippen LogP contribution in [0.4, 0.5) is 13.2 Å². The number of halogens is 3. The minimum Gasteiger partial charge on any atom is -0.456 e. The van der Waals surface area contributed by atoms with Crippen LogP contribution in [0.25, 0.3) is 5.69 Å². The molecule has 0 bridgehead atoms. The van der Waals surface area contributed by atoms with Crippen molar-refractivity contribution in [1.29, 1.82) is 0 Å². The van der Waals surface area contributed by atoms with Crippen LogP contribution in [0, 0.1) is 6.92 Å². The van der Waals surface area contributed by atoms with Gasteiger partial charge in [0, 0.05) is 26.2 Å². The Morgan fingerprint density at radius 3 is 2.37 bits per heavy atom. The zero-order chi connectivity index (χ0) is 21.3. The number of piperazine rings is 1. The molecule has 30 heavy (non-hydrogen) atoms. The Morgan fingerprint density at radius 2 is 1.77 bits per heavy atom. The lowest BCUT2D eigenvalue weighted by atomic mass is 10.2. The summed E-state index contributed by atoms with van der Waals surface area (Å²) in [4.78, 5) is 16.3. The lowest BCUT2D eigenvalue weighted by Gasteiger charge is -2.33. The fourth-order valence-electron chi connectivity index (χ4n) is 3.31. The molecular formula is C19H19F3N6O2. The maximum absolute atomic E-state index is 12.8. The summed E-state index contributed by atoms with van der Waals surface area (Å²) in [6.07, 6.45) is -4.40. The summed E-state index contributed by atoms with van der Waals surface area (Å²) in [7, 11) is 0. The Balaban J connectivity index is 1.39. The van der Waals surface area contributed by atoms with Gasteiger partial charge in [0.15, 0.2) is 11.6 Å². The van der Waals surface area contributed by atoms with Gasteiger partial charge in [0.25, 0.3) is 5.91 Å². The number of hydrogen-bond acceptors (Lipinski definition) is 6. The SMILES string of the molecule is Cc1ccc(C(=O)N2CCN(Cc3nnnn3-c3ccc(C(F)(F)F)cc3)CC2)o1. The van der Waals surface area contributed by atoms with E-state index < -0.39 is 11.7 Å². The fraction of sp³-hybridized carbons (Fsp3) is 0.368. The van der Waals surface area contributed by atoms with Gasteiger partial charge in [0.2, 0.25) is 0 Å². The van der Waals surface area contributed by atoms with Crippen molar-refractivity contribution >= 4 is 5.91 Å². The van der Waals surface area contributed by atoms with Crippen LogP contribution in [0.2, 0.25) is 0 Å². The zero-order valence-corrected chi connectivity index (χ0v) is 16.1. The van der Waals surface area contributed by atoms with Crippen molar-refractivity contribution in [3.05, 3.63) is 59.3 Å². The molecule has 0 aliphatic carbocycles. The second kappa shape index (κ2) is 7.90. The number of aryl methyl sites for hydroxylation is 1. The van der Waals surface area contributed by atoms with Gasteiger partial charge in [-0.1, -0.05) is 0 Å². The van der Waals surface area contributed by atoms with E-state index in [1.165, 1.54) is 16.8 Å². The summed E-state index contributed by atoms with van der Waals surface area (Å²) in [5, 5.41) is 11.6.